The highest BCUT2D eigenvalue weighted by Gasteiger charge is 2.17. The average molecular weight is 522 g/mol. The molecule has 9 heteroatoms. The maximum Gasteiger partial charge on any atom is 0.336 e. The number of carbonyl (C=O) groups excluding carboxylic acids is 1. The zero-order valence-corrected chi connectivity index (χ0v) is 21.6. The number of esters is 1. The topological polar surface area (TPSA) is 112 Å². The second kappa shape index (κ2) is 11.0. The number of hydrogen-bond donors (Lipinski definition) is 1. The summed E-state index contributed by atoms with van der Waals surface area (Å²) in [5, 5.41) is 0.701. The van der Waals surface area contributed by atoms with Gasteiger partial charge >= 0.3 is 11.6 Å². The predicted molar refractivity (Wildman–Crippen MR) is 140 cm³/mol. The molecule has 0 amide bonds. The molecule has 0 saturated carbocycles. The second-order valence-corrected chi connectivity index (χ2v) is 10.3. The van der Waals surface area contributed by atoms with Gasteiger partial charge in [0.05, 0.1) is 12.0 Å². The fourth-order valence-electron chi connectivity index (χ4n) is 3.88. The second-order valence-electron chi connectivity index (χ2n) is 8.56. The van der Waals surface area contributed by atoms with Crippen molar-refractivity contribution in [2.24, 2.45) is 0 Å². The van der Waals surface area contributed by atoms with Crippen LogP contribution in [0.4, 0.5) is 0 Å². The number of nitrogens with one attached hydrogen (secondary N) is 1. The molecule has 0 fully saturated rings. The van der Waals surface area contributed by atoms with E-state index in [1.165, 1.54) is 18.2 Å². The van der Waals surface area contributed by atoms with Gasteiger partial charge in [-0.15, -0.1) is 0 Å². The van der Waals surface area contributed by atoms with Crippen molar-refractivity contribution in [3.05, 3.63) is 88.3 Å². The molecule has 0 aliphatic rings. The number of fused-ring (bicyclic) bond motifs is 1. The maximum absolute atomic E-state index is 12.4. The Morgan fingerprint density at radius 3 is 2.35 bits per heavy atom. The van der Waals surface area contributed by atoms with Crippen molar-refractivity contribution in [1.29, 1.82) is 0 Å². The van der Waals surface area contributed by atoms with Crippen molar-refractivity contribution in [3.63, 3.8) is 0 Å². The first-order valence-electron chi connectivity index (χ1n) is 11.7. The summed E-state index contributed by atoms with van der Waals surface area (Å²) >= 11 is 0. The van der Waals surface area contributed by atoms with Crippen molar-refractivity contribution in [3.8, 4) is 22.6 Å². The minimum Gasteiger partial charge on any atom is -0.497 e. The summed E-state index contributed by atoms with van der Waals surface area (Å²) in [6.45, 7) is 3.67. The lowest BCUT2D eigenvalue weighted by Crippen LogP contribution is -2.25. The Bertz CT molecular complexity index is 1590. The first-order valence-corrected chi connectivity index (χ1v) is 13.1. The molecule has 0 bridgehead atoms. The summed E-state index contributed by atoms with van der Waals surface area (Å²) in [6, 6.07) is 18.6. The van der Waals surface area contributed by atoms with Gasteiger partial charge in [-0.05, 0) is 67.8 Å². The van der Waals surface area contributed by atoms with E-state index in [0.717, 1.165) is 11.1 Å². The van der Waals surface area contributed by atoms with E-state index < -0.39 is 21.6 Å². The Hall–Kier alpha value is -3.95. The molecule has 1 aromatic heterocycles. The SMILES string of the molecule is COc1ccc(-c2cc(=O)oc3c(C)c(OC(=O)CCCNS(=O)(=O)c4ccc(C)cc4)ccc23)cc1. The summed E-state index contributed by atoms with van der Waals surface area (Å²) in [5.74, 6) is 0.447. The van der Waals surface area contributed by atoms with Gasteiger partial charge in [-0.1, -0.05) is 29.8 Å². The van der Waals surface area contributed by atoms with E-state index in [2.05, 4.69) is 4.72 Å². The highest BCUT2D eigenvalue weighted by Crippen LogP contribution is 2.33. The van der Waals surface area contributed by atoms with Crippen LogP contribution < -0.4 is 19.8 Å². The number of carbonyl (C=O) groups is 1. The summed E-state index contributed by atoms with van der Waals surface area (Å²) < 4.78 is 43.4. The van der Waals surface area contributed by atoms with Crippen LogP contribution in [0.15, 0.2) is 80.8 Å². The van der Waals surface area contributed by atoms with E-state index in [4.69, 9.17) is 13.9 Å². The highest BCUT2D eigenvalue weighted by atomic mass is 32.2. The molecule has 4 aromatic rings. The van der Waals surface area contributed by atoms with E-state index in [0.29, 0.717) is 27.8 Å². The third-order valence-corrected chi connectivity index (χ3v) is 7.39. The fourth-order valence-corrected chi connectivity index (χ4v) is 4.95. The van der Waals surface area contributed by atoms with Gasteiger partial charge in [-0.3, -0.25) is 4.79 Å². The van der Waals surface area contributed by atoms with Crippen LogP contribution in [-0.2, 0) is 14.8 Å². The molecule has 0 aliphatic carbocycles. The molecule has 0 saturated heterocycles. The number of rotatable bonds is 9. The van der Waals surface area contributed by atoms with Gasteiger partial charge in [-0.25, -0.2) is 17.9 Å². The molecule has 192 valence electrons. The number of ether oxygens (including phenoxy) is 2. The fraction of sp³-hybridized carbons (Fsp3) is 0.214. The monoisotopic (exact) mass is 521 g/mol. The Balaban J connectivity index is 1.43. The molecule has 0 atom stereocenters. The number of methoxy groups -OCH3 is 1. The van der Waals surface area contributed by atoms with E-state index in [-0.39, 0.29) is 30.0 Å². The minimum atomic E-state index is -3.65. The van der Waals surface area contributed by atoms with Gasteiger partial charge in [0, 0.05) is 30.0 Å². The Morgan fingerprint density at radius 1 is 0.973 bits per heavy atom. The smallest absolute Gasteiger partial charge is 0.336 e. The molecule has 8 nitrogen and oxygen atoms in total. The van der Waals surface area contributed by atoms with Crippen molar-refractivity contribution in [2.45, 2.75) is 31.6 Å². The molecule has 3 aromatic carbocycles. The van der Waals surface area contributed by atoms with Crippen LogP contribution in [0, 0.1) is 13.8 Å². The number of sulfonamides is 1. The molecule has 1 N–H and O–H groups in total. The lowest BCUT2D eigenvalue weighted by atomic mass is 10.00. The Labute approximate surface area is 214 Å². The Kier molecular flexibility index (Phi) is 7.75. The normalized spacial score (nSPS) is 11.4. The van der Waals surface area contributed by atoms with Gasteiger partial charge < -0.3 is 13.9 Å². The molecule has 1 heterocycles. The minimum absolute atomic E-state index is 0.00370. The third-order valence-electron chi connectivity index (χ3n) is 5.92. The van der Waals surface area contributed by atoms with Crippen molar-refractivity contribution >= 4 is 27.0 Å². The summed E-state index contributed by atoms with van der Waals surface area (Å²) in [5.41, 5.74) is 2.78. The highest BCUT2D eigenvalue weighted by molar-refractivity contribution is 7.89. The molecular formula is C28H27NO7S. The van der Waals surface area contributed by atoms with Crippen LogP contribution in [-0.4, -0.2) is 28.0 Å². The van der Waals surface area contributed by atoms with Gasteiger partial charge in [0.15, 0.2) is 0 Å². The van der Waals surface area contributed by atoms with Gasteiger partial charge in [0.2, 0.25) is 10.0 Å². The number of hydrogen-bond acceptors (Lipinski definition) is 7. The van der Waals surface area contributed by atoms with Gasteiger partial charge in [0.25, 0.3) is 0 Å². The molecule has 4 rings (SSSR count). The van der Waals surface area contributed by atoms with Crippen molar-refractivity contribution < 1.29 is 27.1 Å². The number of aryl methyl sites for hydroxylation is 2. The lowest BCUT2D eigenvalue weighted by molar-refractivity contribution is -0.134. The standard InChI is InChI=1S/C28H27NO7S/c1-18-6-12-22(13-7-18)37(32,33)29-16-4-5-26(30)35-25-15-14-23-24(17-27(31)36-28(23)19(25)2)20-8-10-21(34-3)11-9-20/h6-15,17,29H,4-5,16H2,1-3H3. The van der Waals surface area contributed by atoms with E-state index in [9.17, 15) is 18.0 Å². The zero-order chi connectivity index (χ0) is 26.6. The maximum atomic E-state index is 12.4. The zero-order valence-electron chi connectivity index (χ0n) is 20.7. The van der Waals surface area contributed by atoms with Gasteiger partial charge in [-0.2, -0.15) is 0 Å². The predicted octanol–water partition coefficient (Wildman–Crippen LogP) is 4.75. The number of benzene rings is 3. The van der Waals surface area contributed by atoms with E-state index >= 15 is 0 Å². The first kappa shape index (κ1) is 26.1. The summed E-state index contributed by atoms with van der Waals surface area (Å²) in [4.78, 5) is 24.9. The average Bonchev–Trinajstić information content (AvgIpc) is 2.88. The van der Waals surface area contributed by atoms with Crippen molar-refractivity contribution in [2.75, 3.05) is 13.7 Å². The molecule has 0 spiro atoms. The van der Waals surface area contributed by atoms with E-state index in [1.807, 2.05) is 19.1 Å². The van der Waals surface area contributed by atoms with Crippen LogP contribution in [0.2, 0.25) is 0 Å². The van der Waals surface area contributed by atoms with Crippen LogP contribution in [0.1, 0.15) is 24.0 Å². The summed E-state index contributed by atoms with van der Waals surface area (Å²) in [6.07, 6.45) is 0.261. The van der Waals surface area contributed by atoms with E-state index in [1.54, 1.807) is 50.4 Å². The molecular weight excluding hydrogens is 494 g/mol. The quantitative estimate of drug-likeness (QED) is 0.146. The molecule has 37 heavy (non-hydrogen) atoms. The third kappa shape index (κ3) is 6.07. The van der Waals surface area contributed by atoms with Gasteiger partial charge in [0.1, 0.15) is 17.1 Å². The van der Waals surface area contributed by atoms with Crippen LogP contribution in [0.3, 0.4) is 0 Å². The molecule has 0 radical (unpaired) electrons. The summed E-state index contributed by atoms with van der Waals surface area (Å²) in [7, 11) is -2.07. The van der Waals surface area contributed by atoms with Crippen LogP contribution >= 0.6 is 0 Å². The molecule has 0 aliphatic heterocycles. The first-order chi connectivity index (χ1) is 17.7. The van der Waals surface area contributed by atoms with Crippen LogP contribution in [0.25, 0.3) is 22.1 Å². The van der Waals surface area contributed by atoms with Crippen molar-refractivity contribution in [1.82, 2.24) is 4.72 Å². The largest absolute Gasteiger partial charge is 0.497 e. The molecule has 0 unspecified atom stereocenters. The Morgan fingerprint density at radius 2 is 1.68 bits per heavy atom. The van der Waals surface area contributed by atoms with Crippen LogP contribution in [0.5, 0.6) is 11.5 Å². The lowest BCUT2D eigenvalue weighted by Gasteiger charge is -2.12.